The number of hydrogen-bond donors (Lipinski definition) is 0. The van der Waals surface area contributed by atoms with Crippen LogP contribution in [0.1, 0.15) is 0 Å². The minimum atomic E-state index is 0.935. The molecule has 0 radical (unpaired) electrons. The quantitative estimate of drug-likeness (QED) is 0.172. The largest absolute Gasteiger partial charge is 0.309 e. The maximum Gasteiger partial charge on any atom is 0.145 e. The Balaban J connectivity index is 1.16. The molecule has 2 aromatic heterocycles. The summed E-state index contributed by atoms with van der Waals surface area (Å²) in [4.78, 5) is 5.10. The molecular formula is C49H31N3. The van der Waals surface area contributed by atoms with Crippen molar-refractivity contribution in [2.75, 3.05) is 0 Å². The molecular weight excluding hydrogens is 631 g/mol. The molecule has 0 saturated heterocycles. The number of imidazole rings is 1. The molecule has 11 rings (SSSR count). The molecule has 3 nitrogen and oxygen atoms in total. The van der Waals surface area contributed by atoms with E-state index in [1.165, 1.54) is 59.7 Å². The number of rotatable bonds is 4. The zero-order chi connectivity index (χ0) is 34.2. The van der Waals surface area contributed by atoms with Gasteiger partial charge in [-0.1, -0.05) is 146 Å². The van der Waals surface area contributed by atoms with Gasteiger partial charge in [-0.2, -0.15) is 0 Å². The highest BCUT2D eigenvalue weighted by atomic mass is 15.1. The Kier molecular flexibility index (Phi) is 6.25. The lowest BCUT2D eigenvalue weighted by atomic mass is 9.93. The second-order valence-electron chi connectivity index (χ2n) is 13.6. The van der Waals surface area contributed by atoms with Crippen molar-refractivity contribution in [3.8, 4) is 33.9 Å². The molecule has 0 unspecified atom stereocenters. The minimum Gasteiger partial charge on any atom is -0.309 e. The Hall–Kier alpha value is -6.97. The molecule has 0 aliphatic rings. The summed E-state index contributed by atoms with van der Waals surface area (Å²) in [5, 5.41) is 10.2. The molecule has 242 valence electrons. The first-order valence-electron chi connectivity index (χ1n) is 17.8. The lowest BCUT2D eigenvalue weighted by Gasteiger charge is -2.14. The number of benzene rings is 9. The Bertz CT molecular complexity index is 3150. The number of hydrogen-bond acceptors (Lipinski definition) is 1. The van der Waals surface area contributed by atoms with Crippen LogP contribution in [0.3, 0.4) is 0 Å². The lowest BCUT2D eigenvalue weighted by Crippen LogP contribution is -1.97. The molecule has 11 aromatic rings. The van der Waals surface area contributed by atoms with Crippen molar-refractivity contribution in [3.05, 3.63) is 188 Å². The van der Waals surface area contributed by atoms with Crippen LogP contribution in [0.4, 0.5) is 0 Å². The van der Waals surface area contributed by atoms with Gasteiger partial charge in [-0.25, -0.2) is 4.98 Å². The smallest absolute Gasteiger partial charge is 0.145 e. The number of aromatic nitrogens is 3. The topological polar surface area (TPSA) is 22.8 Å². The van der Waals surface area contributed by atoms with Gasteiger partial charge in [-0.3, -0.25) is 4.57 Å². The zero-order valence-corrected chi connectivity index (χ0v) is 28.2. The van der Waals surface area contributed by atoms with Crippen LogP contribution in [0.15, 0.2) is 188 Å². The van der Waals surface area contributed by atoms with Gasteiger partial charge in [0.05, 0.1) is 22.1 Å². The summed E-state index contributed by atoms with van der Waals surface area (Å²) in [6.07, 6.45) is 0. The molecule has 0 N–H and O–H groups in total. The molecule has 0 bridgehead atoms. The van der Waals surface area contributed by atoms with Gasteiger partial charge in [-0.05, 0) is 80.5 Å². The summed E-state index contributed by atoms with van der Waals surface area (Å²) in [7, 11) is 0. The van der Waals surface area contributed by atoms with Crippen molar-refractivity contribution < 1.29 is 0 Å². The van der Waals surface area contributed by atoms with E-state index in [-0.39, 0.29) is 0 Å². The molecule has 3 heteroatoms. The number of fused-ring (bicyclic) bond motifs is 11. The fraction of sp³-hybridized carbons (Fsp3) is 0. The first kappa shape index (κ1) is 28.8. The van der Waals surface area contributed by atoms with Gasteiger partial charge >= 0.3 is 0 Å². The van der Waals surface area contributed by atoms with Crippen LogP contribution in [-0.2, 0) is 0 Å². The summed E-state index contributed by atoms with van der Waals surface area (Å²) < 4.78 is 4.75. The molecule has 9 aromatic carbocycles. The lowest BCUT2D eigenvalue weighted by molar-refractivity contribution is 1.10. The molecule has 2 heterocycles. The van der Waals surface area contributed by atoms with Crippen LogP contribution < -0.4 is 0 Å². The average molecular weight is 662 g/mol. The Morgan fingerprint density at radius 3 is 1.69 bits per heavy atom. The molecule has 0 atom stereocenters. The molecule has 0 aliphatic heterocycles. The van der Waals surface area contributed by atoms with E-state index in [0.29, 0.717) is 0 Å². The molecule has 0 spiro atoms. The minimum absolute atomic E-state index is 0.935. The molecule has 52 heavy (non-hydrogen) atoms. The van der Waals surface area contributed by atoms with Crippen LogP contribution in [0.2, 0.25) is 0 Å². The van der Waals surface area contributed by atoms with E-state index in [0.717, 1.165) is 39.4 Å². The van der Waals surface area contributed by atoms with Crippen molar-refractivity contribution in [3.63, 3.8) is 0 Å². The third kappa shape index (κ3) is 4.23. The van der Waals surface area contributed by atoms with E-state index in [1.54, 1.807) is 0 Å². The molecule has 0 saturated carbocycles. The zero-order valence-electron chi connectivity index (χ0n) is 28.2. The maximum absolute atomic E-state index is 5.10. The number of para-hydroxylation sites is 4. The van der Waals surface area contributed by atoms with E-state index >= 15 is 0 Å². The van der Waals surface area contributed by atoms with Gasteiger partial charge in [0.15, 0.2) is 0 Å². The molecule has 0 amide bonds. The summed E-state index contributed by atoms with van der Waals surface area (Å²) >= 11 is 0. The standard InChI is InChI=1S/C49H31N3/c1-3-14-36(15-4-1)51-45-31-35(32-23-25-34(26-24-32)49-50-43-21-11-12-22-44(43)52(49)37-16-5-2-6-17-37)28-30-42(45)47-40-20-10-9-19-39(40)41-29-27-33-13-7-8-18-38(33)46(41)48(47)51/h1-31H. The van der Waals surface area contributed by atoms with Gasteiger partial charge in [0.2, 0.25) is 0 Å². The fourth-order valence-corrected chi connectivity index (χ4v) is 8.38. The van der Waals surface area contributed by atoms with Crippen LogP contribution in [-0.4, -0.2) is 14.1 Å². The van der Waals surface area contributed by atoms with Gasteiger partial charge < -0.3 is 4.57 Å². The fourth-order valence-electron chi connectivity index (χ4n) is 8.38. The van der Waals surface area contributed by atoms with E-state index < -0.39 is 0 Å². The predicted octanol–water partition coefficient (Wildman–Crippen LogP) is 12.9. The maximum atomic E-state index is 5.10. The SMILES string of the molecule is c1ccc(-n2c(-c3ccc(-c4ccc5c6c7ccccc7c7ccc8ccccc8c7c6n(-c6ccccc6)c5c4)cc3)nc3ccccc32)cc1. The molecule has 0 fully saturated rings. The Morgan fingerprint density at radius 2 is 0.904 bits per heavy atom. The van der Waals surface area contributed by atoms with E-state index in [2.05, 4.69) is 197 Å². The van der Waals surface area contributed by atoms with Crippen molar-refractivity contribution in [2.24, 2.45) is 0 Å². The van der Waals surface area contributed by atoms with Gasteiger partial charge in [0.1, 0.15) is 5.82 Å². The Morgan fingerprint density at radius 1 is 0.346 bits per heavy atom. The number of nitrogens with zero attached hydrogens (tertiary/aromatic N) is 3. The van der Waals surface area contributed by atoms with Crippen molar-refractivity contribution in [1.29, 1.82) is 0 Å². The van der Waals surface area contributed by atoms with E-state index in [9.17, 15) is 0 Å². The third-order valence-electron chi connectivity index (χ3n) is 10.7. The van der Waals surface area contributed by atoms with Crippen molar-refractivity contribution >= 4 is 65.2 Å². The highest BCUT2D eigenvalue weighted by Gasteiger charge is 2.21. The summed E-state index contributed by atoms with van der Waals surface area (Å²) in [6.45, 7) is 0. The monoisotopic (exact) mass is 661 g/mol. The highest BCUT2D eigenvalue weighted by Crippen LogP contribution is 2.45. The van der Waals surface area contributed by atoms with Crippen LogP contribution in [0.5, 0.6) is 0 Å². The second kappa shape index (κ2) is 11.3. The first-order chi connectivity index (χ1) is 25.8. The van der Waals surface area contributed by atoms with Crippen LogP contribution in [0, 0.1) is 0 Å². The summed E-state index contributed by atoms with van der Waals surface area (Å²) in [6, 6.07) is 67.8. The highest BCUT2D eigenvalue weighted by molar-refractivity contribution is 6.36. The third-order valence-corrected chi connectivity index (χ3v) is 10.7. The van der Waals surface area contributed by atoms with Crippen LogP contribution >= 0.6 is 0 Å². The first-order valence-corrected chi connectivity index (χ1v) is 17.8. The van der Waals surface area contributed by atoms with Gasteiger partial charge in [0, 0.05) is 33.1 Å². The second-order valence-corrected chi connectivity index (χ2v) is 13.6. The van der Waals surface area contributed by atoms with Gasteiger partial charge in [0.25, 0.3) is 0 Å². The Labute approximate surface area is 300 Å². The normalized spacial score (nSPS) is 11.8. The van der Waals surface area contributed by atoms with E-state index in [1.807, 2.05) is 0 Å². The van der Waals surface area contributed by atoms with E-state index in [4.69, 9.17) is 4.98 Å². The van der Waals surface area contributed by atoms with Crippen LogP contribution in [0.25, 0.3) is 99.0 Å². The summed E-state index contributed by atoms with van der Waals surface area (Å²) in [5.74, 6) is 0.935. The van der Waals surface area contributed by atoms with Crippen molar-refractivity contribution in [1.82, 2.24) is 14.1 Å². The average Bonchev–Trinajstić information content (AvgIpc) is 3.78. The van der Waals surface area contributed by atoms with Gasteiger partial charge in [-0.15, -0.1) is 0 Å². The predicted molar refractivity (Wildman–Crippen MR) is 219 cm³/mol. The summed E-state index contributed by atoms with van der Waals surface area (Å²) in [5.41, 5.74) is 10.2. The van der Waals surface area contributed by atoms with Crippen molar-refractivity contribution in [2.45, 2.75) is 0 Å². The molecule has 0 aliphatic carbocycles.